The SMILES string of the molecule is Cc1cccc(N(C)c2cncc(CCl)n2)c1. The van der Waals surface area contributed by atoms with Crippen LogP contribution in [0.15, 0.2) is 36.7 Å². The van der Waals surface area contributed by atoms with Crippen molar-refractivity contribution in [3.05, 3.63) is 47.9 Å². The molecule has 0 bridgehead atoms. The van der Waals surface area contributed by atoms with E-state index in [-0.39, 0.29) is 0 Å². The molecule has 0 fully saturated rings. The standard InChI is InChI=1S/C13H14ClN3/c1-10-4-3-5-12(6-10)17(2)13-9-15-8-11(7-14)16-13/h3-6,8-9H,7H2,1-2H3. The van der Waals surface area contributed by atoms with E-state index in [1.807, 2.05) is 24.1 Å². The third-order valence-electron chi connectivity index (χ3n) is 2.54. The van der Waals surface area contributed by atoms with Gasteiger partial charge in [-0.05, 0) is 24.6 Å². The fraction of sp³-hybridized carbons (Fsp3) is 0.231. The van der Waals surface area contributed by atoms with Crippen LogP contribution in [0.2, 0.25) is 0 Å². The second kappa shape index (κ2) is 5.15. The zero-order valence-electron chi connectivity index (χ0n) is 9.89. The van der Waals surface area contributed by atoms with E-state index in [1.54, 1.807) is 12.4 Å². The van der Waals surface area contributed by atoms with Gasteiger partial charge in [-0.15, -0.1) is 11.6 Å². The van der Waals surface area contributed by atoms with Gasteiger partial charge in [-0.1, -0.05) is 12.1 Å². The average Bonchev–Trinajstić information content (AvgIpc) is 2.38. The van der Waals surface area contributed by atoms with Crippen molar-refractivity contribution in [2.75, 3.05) is 11.9 Å². The Labute approximate surface area is 106 Å². The van der Waals surface area contributed by atoms with Gasteiger partial charge in [0.05, 0.1) is 17.8 Å². The summed E-state index contributed by atoms with van der Waals surface area (Å²) >= 11 is 5.75. The smallest absolute Gasteiger partial charge is 0.151 e. The van der Waals surface area contributed by atoms with Gasteiger partial charge in [-0.3, -0.25) is 4.98 Å². The van der Waals surface area contributed by atoms with Gasteiger partial charge >= 0.3 is 0 Å². The Morgan fingerprint density at radius 1 is 1.29 bits per heavy atom. The number of hydrogen-bond donors (Lipinski definition) is 0. The quantitative estimate of drug-likeness (QED) is 0.780. The molecule has 0 radical (unpaired) electrons. The lowest BCUT2D eigenvalue weighted by atomic mass is 10.2. The van der Waals surface area contributed by atoms with E-state index in [1.165, 1.54) is 5.56 Å². The molecule has 88 valence electrons. The highest BCUT2D eigenvalue weighted by Gasteiger charge is 2.06. The maximum atomic E-state index is 5.75. The monoisotopic (exact) mass is 247 g/mol. The van der Waals surface area contributed by atoms with Crippen LogP contribution in [-0.2, 0) is 5.88 Å². The highest BCUT2D eigenvalue weighted by atomic mass is 35.5. The number of benzene rings is 1. The first-order chi connectivity index (χ1) is 8.20. The van der Waals surface area contributed by atoms with Gasteiger partial charge in [0, 0.05) is 18.9 Å². The van der Waals surface area contributed by atoms with Gasteiger partial charge in [0.1, 0.15) is 0 Å². The Kier molecular flexibility index (Phi) is 3.59. The van der Waals surface area contributed by atoms with Crippen molar-refractivity contribution in [2.45, 2.75) is 12.8 Å². The number of alkyl halides is 1. The van der Waals surface area contributed by atoms with Crippen LogP contribution < -0.4 is 4.90 Å². The Hall–Kier alpha value is -1.61. The molecule has 17 heavy (non-hydrogen) atoms. The predicted molar refractivity (Wildman–Crippen MR) is 70.8 cm³/mol. The van der Waals surface area contributed by atoms with Crippen molar-refractivity contribution in [1.29, 1.82) is 0 Å². The first-order valence-corrected chi connectivity index (χ1v) is 5.91. The zero-order chi connectivity index (χ0) is 12.3. The van der Waals surface area contributed by atoms with Crippen molar-refractivity contribution < 1.29 is 0 Å². The first kappa shape index (κ1) is 11.9. The third-order valence-corrected chi connectivity index (χ3v) is 2.82. The molecule has 3 nitrogen and oxygen atoms in total. The number of nitrogens with zero attached hydrogens (tertiary/aromatic N) is 3. The molecule has 0 spiro atoms. The number of aryl methyl sites for hydroxylation is 1. The summed E-state index contributed by atoms with van der Waals surface area (Å²) in [5, 5.41) is 0. The normalized spacial score (nSPS) is 10.3. The largest absolute Gasteiger partial charge is 0.328 e. The molecule has 2 rings (SSSR count). The van der Waals surface area contributed by atoms with Gasteiger partial charge in [0.2, 0.25) is 0 Å². The molecule has 0 atom stereocenters. The van der Waals surface area contributed by atoms with Crippen LogP contribution in [0.5, 0.6) is 0 Å². The number of rotatable bonds is 3. The molecule has 1 aromatic heterocycles. The van der Waals surface area contributed by atoms with Gasteiger partial charge in [-0.2, -0.15) is 0 Å². The zero-order valence-corrected chi connectivity index (χ0v) is 10.6. The molecule has 1 heterocycles. The van der Waals surface area contributed by atoms with E-state index in [0.29, 0.717) is 5.88 Å². The Morgan fingerprint density at radius 3 is 2.82 bits per heavy atom. The molecule has 2 aromatic rings. The van der Waals surface area contributed by atoms with Crippen molar-refractivity contribution in [3.63, 3.8) is 0 Å². The fourth-order valence-corrected chi connectivity index (χ4v) is 1.72. The van der Waals surface area contributed by atoms with Crippen LogP contribution in [0.1, 0.15) is 11.3 Å². The maximum Gasteiger partial charge on any atom is 0.151 e. The van der Waals surface area contributed by atoms with Crippen LogP contribution in [0, 0.1) is 6.92 Å². The van der Waals surface area contributed by atoms with Crippen molar-refractivity contribution in [3.8, 4) is 0 Å². The summed E-state index contributed by atoms with van der Waals surface area (Å²) in [4.78, 5) is 10.6. The molecular weight excluding hydrogens is 234 g/mol. The van der Waals surface area contributed by atoms with Crippen LogP contribution in [0.3, 0.4) is 0 Å². The van der Waals surface area contributed by atoms with E-state index in [2.05, 4.69) is 29.0 Å². The number of halogens is 1. The maximum absolute atomic E-state index is 5.75. The van der Waals surface area contributed by atoms with E-state index >= 15 is 0 Å². The molecule has 0 aliphatic rings. The molecule has 0 N–H and O–H groups in total. The molecule has 4 heteroatoms. The van der Waals surface area contributed by atoms with E-state index in [9.17, 15) is 0 Å². The highest BCUT2D eigenvalue weighted by Crippen LogP contribution is 2.21. The molecule has 0 amide bonds. The summed E-state index contributed by atoms with van der Waals surface area (Å²) in [6.45, 7) is 2.07. The van der Waals surface area contributed by atoms with E-state index in [4.69, 9.17) is 11.6 Å². The lowest BCUT2D eigenvalue weighted by molar-refractivity contribution is 1.03. The Balaban J connectivity index is 2.33. The van der Waals surface area contributed by atoms with Crippen molar-refractivity contribution in [2.24, 2.45) is 0 Å². The summed E-state index contributed by atoms with van der Waals surface area (Å²) in [5.41, 5.74) is 3.09. The van der Waals surface area contributed by atoms with Crippen LogP contribution in [0.25, 0.3) is 0 Å². The summed E-state index contributed by atoms with van der Waals surface area (Å²) in [6.07, 6.45) is 3.42. The minimum Gasteiger partial charge on any atom is -0.328 e. The highest BCUT2D eigenvalue weighted by molar-refractivity contribution is 6.16. The summed E-state index contributed by atoms with van der Waals surface area (Å²) in [6, 6.07) is 8.25. The molecular formula is C13H14ClN3. The Bertz CT molecular complexity index is 514. The first-order valence-electron chi connectivity index (χ1n) is 5.38. The molecule has 0 unspecified atom stereocenters. The predicted octanol–water partition coefficient (Wildman–Crippen LogP) is 3.29. The lowest BCUT2D eigenvalue weighted by Gasteiger charge is -2.18. The molecule has 1 aromatic carbocycles. The number of hydrogen-bond acceptors (Lipinski definition) is 3. The molecule has 0 aliphatic heterocycles. The van der Waals surface area contributed by atoms with Crippen LogP contribution in [0.4, 0.5) is 11.5 Å². The van der Waals surface area contributed by atoms with E-state index in [0.717, 1.165) is 17.2 Å². The average molecular weight is 248 g/mol. The van der Waals surface area contributed by atoms with Gasteiger partial charge < -0.3 is 4.90 Å². The fourth-order valence-electron chi connectivity index (χ4n) is 1.59. The lowest BCUT2D eigenvalue weighted by Crippen LogP contribution is -2.12. The van der Waals surface area contributed by atoms with Gasteiger partial charge in [0.25, 0.3) is 0 Å². The molecule has 0 aliphatic carbocycles. The number of anilines is 2. The Morgan fingerprint density at radius 2 is 2.12 bits per heavy atom. The number of aromatic nitrogens is 2. The minimum atomic E-state index is 0.377. The topological polar surface area (TPSA) is 29.0 Å². The molecule has 0 saturated heterocycles. The molecule has 0 saturated carbocycles. The second-order valence-corrected chi connectivity index (χ2v) is 4.17. The van der Waals surface area contributed by atoms with Crippen molar-refractivity contribution >= 4 is 23.1 Å². The van der Waals surface area contributed by atoms with Crippen LogP contribution in [-0.4, -0.2) is 17.0 Å². The summed E-state index contributed by atoms with van der Waals surface area (Å²) < 4.78 is 0. The van der Waals surface area contributed by atoms with Gasteiger partial charge in [-0.25, -0.2) is 4.98 Å². The van der Waals surface area contributed by atoms with E-state index < -0.39 is 0 Å². The van der Waals surface area contributed by atoms with Crippen LogP contribution >= 0.6 is 11.6 Å². The van der Waals surface area contributed by atoms with Crippen molar-refractivity contribution in [1.82, 2.24) is 9.97 Å². The summed E-state index contributed by atoms with van der Waals surface area (Å²) in [7, 11) is 1.97. The third kappa shape index (κ3) is 2.74. The van der Waals surface area contributed by atoms with Gasteiger partial charge in [0.15, 0.2) is 5.82 Å². The minimum absolute atomic E-state index is 0.377. The second-order valence-electron chi connectivity index (χ2n) is 3.90. The summed E-state index contributed by atoms with van der Waals surface area (Å²) in [5.74, 6) is 1.18.